The Hall–Kier alpha value is -2.41. The zero-order valence-corrected chi connectivity index (χ0v) is 14.8. The number of fused-ring (bicyclic) bond motifs is 1. The number of nitrogens with zero attached hydrogens (tertiary/aromatic N) is 2. The van der Waals surface area contributed by atoms with E-state index in [9.17, 15) is 12.8 Å². The predicted octanol–water partition coefficient (Wildman–Crippen LogP) is 2.24. The second-order valence-corrected chi connectivity index (χ2v) is 7.83. The van der Waals surface area contributed by atoms with E-state index in [4.69, 9.17) is 0 Å². The second kappa shape index (κ2) is 7.23. The van der Waals surface area contributed by atoms with Gasteiger partial charge in [-0.15, -0.1) is 0 Å². The Morgan fingerprint density at radius 1 is 1.20 bits per heavy atom. The Morgan fingerprint density at radius 2 is 1.92 bits per heavy atom. The number of halogens is 1. The maximum absolute atomic E-state index is 13.7. The fraction of sp³-hybridized carbons (Fsp3) is 0.278. The fourth-order valence-corrected chi connectivity index (χ4v) is 4.20. The molecule has 2 aromatic rings. The van der Waals surface area contributed by atoms with Crippen LogP contribution in [0.4, 0.5) is 10.1 Å². The molecule has 5 nitrogen and oxygen atoms in total. The van der Waals surface area contributed by atoms with Crippen LogP contribution in [-0.2, 0) is 16.3 Å². The van der Waals surface area contributed by atoms with Crippen molar-refractivity contribution < 1.29 is 12.8 Å². The first-order chi connectivity index (χ1) is 12.0. The lowest BCUT2D eigenvalue weighted by atomic mass is 10.2. The van der Waals surface area contributed by atoms with E-state index < -0.39 is 15.7 Å². The van der Waals surface area contributed by atoms with Gasteiger partial charge >= 0.3 is 0 Å². The molecule has 0 saturated heterocycles. The van der Waals surface area contributed by atoms with E-state index in [1.54, 1.807) is 7.05 Å². The molecule has 132 valence electrons. The molecule has 7 heteroatoms. The Labute approximate surface area is 147 Å². The maximum Gasteiger partial charge on any atom is 0.198 e. The SMILES string of the molecule is CN=C(NCCS(=O)(=O)c1ccccc1F)N1CCc2ccccc21. The molecule has 1 aliphatic rings. The van der Waals surface area contributed by atoms with Crippen molar-refractivity contribution in [1.82, 2.24) is 5.32 Å². The van der Waals surface area contributed by atoms with E-state index in [0.717, 1.165) is 24.7 Å². The summed E-state index contributed by atoms with van der Waals surface area (Å²) in [5.74, 6) is -0.309. The number of anilines is 1. The molecule has 0 amide bonds. The summed E-state index contributed by atoms with van der Waals surface area (Å²) in [4.78, 5) is 6.01. The monoisotopic (exact) mass is 361 g/mol. The van der Waals surface area contributed by atoms with Crippen molar-refractivity contribution in [1.29, 1.82) is 0 Å². The van der Waals surface area contributed by atoms with Crippen LogP contribution in [0.2, 0.25) is 0 Å². The van der Waals surface area contributed by atoms with Crippen LogP contribution in [0.3, 0.4) is 0 Å². The summed E-state index contributed by atoms with van der Waals surface area (Å²) in [6, 6.07) is 13.5. The van der Waals surface area contributed by atoms with Crippen molar-refractivity contribution in [2.75, 3.05) is 30.8 Å². The molecule has 1 heterocycles. The Bertz CT molecular complexity index is 897. The maximum atomic E-state index is 13.7. The molecule has 0 saturated carbocycles. The van der Waals surface area contributed by atoms with E-state index >= 15 is 0 Å². The standard InChI is InChI=1S/C18H20FN3O2S/c1-20-18(22-12-10-14-6-2-4-8-16(14)22)21-11-13-25(23,24)17-9-5-3-7-15(17)19/h2-9H,10-13H2,1H3,(H,20,21). The van der Waals surface area contributed by atoms with Gasteiger partial charge in [0, 0.05) is 25.8 Å². The number of benzene rings is 2. The summed E-state index contributed by atoms with van der Waals surface area (Å²) in [6.07, 6.45) is 0.921. The fourth-order valence-electron chi connectivity index (χ4n) is 2.96. The Kier molecular flexibility index (Phi) is 5.03. The third-order valence-corrected chi connectivity index (χ3v) is 5.92. The first-order valence-electron chi connectivity index (χ1n) is 8.06. The van der Waals surface area contributed by atoms with E-state index in [1.807, 2.05) is 23.1 Å². The third-order valence-electron chi connectivity index (χ3n) is 4.18. The molecule has 1 aliphatic heterocycles. The van der Waals surface area contributed by atoms with E-state index in [2.05, 4.69) is 16.4 Å². The average molecular weight is 361 g/mol. The van der Waals surface area contributed by atoms with Crippen LogP contribution in [0.5, 0.6) is 0 Å². The molecule has 0 aliphatic carbocycles. The van der Waals surface area contributed by atoms with Gasteiger partial charge in [-0.25, -0.2) is 12.8 Å². The number of rotatable bonds is 4. The van der Waals surface area contributed by atoms with E-state index in [-0.39, 0.29) is 17.2 Å². The summed E-state index contributed by atoms with van der Waals surface area (Å²) in [5, 5.41) is 3.07. The quantitative estimate of drug-likeness (QED) is 0.670. The number of hydrogen-bond acceptors (Lipinski definition) is 3. The molecular formula is C18H20FN3O2S. The van der Waals surface area contributed by atoms with Crippen molar-refractivity contribution in [3.8, 4) is 0 Å². The summed E-state index contributed by atoms with van der Waals surface area (Å²) >= 11 is 0. The third kappa shape index (κ3) is 3.66. The van der Waals surface area contributed by atoms with Crippen molar-refractivity contribution >= 4 is 21.5 Å². The van der Waals surface area contributed by atoms with Gasteiger partial charge in [-0.2, -0.15) is 0 Å². The van der Waals surface area contributed by atoms with Gasteiger partial charge in [0.05, 0.1) is 5.75 Å². The number of guanidine groups is 1. The van der Waals surface area contributed by atoms with Crippen LogP contribution in [0.1, 0.15) is 5.56 Å². The predicted molar refractivity (Wildman–Crippen MR) is 97.3 cm³/mol. The van der Waals surface area contributed by atoms with Crippen LogP contribution in [0.15, 0.2) is 58.4 Å². The first-order valence-corrected chi connectivity index (χ1v) is 9.71. The van der Waals surface area contributed by atoms with Gasteiger partial charge in [0.1, 0.15) is 10.7 Å². The molecule has 25 heavy (non-hydrogen) atoms. The molecule has 0 bridgehead atoms. The molecule has 0 unspecified atom stereocenters. The van der Waals surface area contributed by atoms with Crippen molar-refractivity contribution in [2.45, 2.75) is 11.3 Å². The zero-order valence-electron chi connectivity index (χ0n) is 13.9. The smallest absolute Gasteiger partial charge is 0.198 e. The van der Waals surface area contributed by atoms with Crippen LogP contribution in [0, 0.1) is 5.82 Å². The van der Waals surface area contributed by atoms with Crippen LogP contribution in [-0.4, -0.2) is 40.3 Å². The Balaban J connectivity index is 1.66. The van der Waals surface area contributed by atoms with Gasteiger partial charge in [-0.3, -0.25) is 4.99 Å². The van der Waals surface area contributed by atoms with Gasteiger partial charge in [-0.05, 0) is 30.2 Å². The lowest BCUT2D eigenvalue weighted by Gasteiger charge is -2.22. The van der Waals surface area contributed by atoms with Gasteiger partial charge < -0.3 is 10.2 Å². The molecule has 1 N–H and O–H groups in total. The van der Waals surface area contributed by atoms with E-state index in [1.165, 1.54) is 23.8 Å². The van der Waals surface area contributed by atoms with Gasteiger partial charge in [0.25, 0.3) is 0 Å². The zero-order chi connectivity index (χ0) is 17.9. The number of sulfone groups is 1. The van der Waals surface area contributed by atoms with Gasteiger partial charge in [-0.1, -0.05) is 30.3 Å². The largest absolute Gasteiger partial charge is 0.355 e. The molecule has 0 aromatic heterocycles. The van der Waals surface area contributed by atoms with Crippen molar-refractivity contribution in [2.24, 2.45) is 4.99 Å². The molecule has 0 spiro atoms. The highest BCUT2D eigenvalue weighted by molar-refractivity contribution is 7.91. The van der Waals surface area contributed by atoms with Crippen molar-refractivity contribution in [3.05, 3.63) is 59.9 Å². The highest BCUT2D eigenvalue weighted by atomic mass is 32.2. The summed E-state index contributed by atoms with van der Waals surface area (Å²) in [5.41, 5.74) is 2.32. The molecular weight excluding hydrogens is 341 g/mol. The van der Waals surface area contributed by atoms with Crippen molar-refractivity contribution in [3.63, 3.8) is 0 Å². The molecule has 2 aromatic carbocycles. The molecule has 0 radical (unpaired) electrons. The summed E-state index contributed by atoms with van der Waals surface area (Å²) in [6.45, 7) is 0.946. The van der Waals surface area contributed by atoms with Crippen LogP contribution < -0.4 is 10.2 Å². The minimum absolute atomic E-state index is 0.155. The molecule has 3 rings (SSSR count). The molecule has 0 atom stereocenters. The Morgan fingerprint density at radius 3 is 2.68 bits per heavy atom. The first kappa shape index (κ1) is 17.4. The number of nitrogens with one attached hydrogen (secondary N) is 1. The number of para-hydroxylation sites is 1. The normalized spacial score (nSPS) is 14.5. The minimum atomic E-state index is -3.69. The number of hydrogen-bond donors (Lipinski definition) is 1. The average Bonchev–Trinajstić information content (AvgIpc) is 3.03. The highest BCUT2D eigenvalue weighted by Crippen LogP contribution is 2.27. The number of aliphatic imine (C=N–C) groups is 1. The second-order valence-electron chi connectivity index (χ2n) is 5.75. The summed E-state index contributed by atoms with van der Waals surface area (Å²) < 4.78 is 38.3. The van der Waals surface area contributed by atoms with Gasteiger partial charge in [0.2, 0.25) is 0 Å². The van der Waals surface area contributed by atoms with Gasteiger partial charge in [0.15, 0.2) is 15.8 Å². The molecule has 0 fully saturated rings. The lowest BCUT2D eigenvalue weighted by Crippen LogP contribution is -2.42. The lowest BCUT2D eigenvalue weighted by molar-refractivity contribution is 0.566. The summed E-state index contributed by atoms with van der Waals surface area (Å²) in [7, 11) is -2.03. The minimum Gasteiger partial charge on any atom is -0.355 e. The van der Waals surface area contributed by atoms with Crippen LogP contribution in [0.25, 0.3) is 0 Å². The topological polar surface area (TPSA) is 61.8 Å². The highest BCUT2D eigenvalue weighted by Gasteiger charge is 2.23. The van der Waals surface area contributed by atoms with Crippen LogP contribution >= 0.6 is 0 Å². The van der Waals surface area contributed by atoms with E-state index in [0.29, 0.717) is 5.96 Å².